The molecular weight excluding hydrogens is 264 g/mol. The average molecular weight is 297 g/mol. The number of hydrogen-bond donors (Lipinski definition) is 1. The lowest BCUT2D eigenvalue weighted by atomic mass is 9.94. The Hall–Kier alpha value is -0.410. The van der Waals surface area contributed by atoms with Gasteiger partial charge in [-0.25, -0.2) is 4.98 Å². The van der Waals surface area contributed by atoms with Gasteiger partial charge in [-0.3, -0.25) is 0 Å². The third-order valence-electron chi connectivity index (χ3n) is 4.05. The lowest BCUT2D eigenvalue weighted by molar-refractivity contribution is 0.331. The smallest absolute Gasteiger partial charge is 0.113 e. The number of aryl methyl sites for hydroxylation is 2. The van der Waals surface area contributed by atoms with E-state index in [1.807, 2.05) is 11.3 Å². The van der Waals surface area contributed by atoms with Gasteiger partial charge in [-0.05, 0) is 33.2 Å². The van der Waals surface area contributed by atoms with Crippen molar-refractivity contribution < 1.29 is 0 Å². The van der Waals surface area contributed by atoms with E-state index in [9.17, 15) is 0 Å². The number of hydrogen-bond acceptors (Lipinski definition) is 3. The maximum Gasteiger partial charge on any atom is 0.113 e. The van der Waals surface area contributed by atoms with Crippen molar-refractivity contribution in [2.75, 3.05) is 6.54 Å². The number of thiazole rings is 1. The van der Waals surface area contributed by atoms with E-state index in [0.29, 0.717) is 0 Å². The predicted octanol–water partition coefficient (Wildman–Crippen LogP) is 5.20. The molecule has 1 aromatic heterocycles. The van der Waals surface area contributed by atoms with E-state index in [0.717, 1.165) is 13.0 Å². The Labute approximate surface area is 129 Å². The Balaban J connectivity index is 2.68. The second-order valence-corrected chi connectivity index (χ2v) is 7.11. The molecule has 116 valence electrons. The number of nitrogens with one attached hydrogen (secondary N) is 1. The average Bonchev–Trinajstić information content (AvgIpc) is 2.81. The van der Waals surface area contributed by atoms with Gasteiger partial charge in [0.25, 0.3) is 0 Å². The quantitative estimate of drug-likeness (QED) is 0.600. The topological polar surface area (TPSA) is 24.9 Å². The summed E-state index contributed by atoms with van der Waals surface area (Å²) in [7, 11) is 0. The molecule has 2 nitrogen and oxygen atoms in total. The molecule has 0 bridgehead atoms. The van der Waals surface area contributed by atoms with Crippen LogP contribution in [0.4, 0.5) is 0 Å². The summed E-state index contributed by atoms with van der Waals surface area (Å²) in [5, 5.41) is 4.96. The molecule has 0 aliphatic carbocycles. The number of unbranched alkanes of at least 4 members (excludes halogenated alkanes) is 4. The van der Waals surface area contributed by atoms with E-state index >= 15 is 0 Å². The van der Waals surface area contributed by atoms with Crippen LogP contribution in [0.15, 0.2) is 0 Å². The van der Waals surface area contributed by atoms with Crippen molar-refractivity contribution in [1.29, 1.82) is 0 Å². The first kappa shape index (κ1) is 17.6. The van der Waals surface area contributed by atoms with Gasteiger partial charge >= 0.3 is 0 Å². The van der Waals surface area contributed by atoms with Crippen molar-refractivity contribution in [3.05, 3.63) is 15.6 Å². The fourth-order valence-electron chi connectivity index (χ4n) is 2.74. The highest BCUT2D eigenvalue weighted by Crippen LogP contribution is 2.32. The van der Waals surface area contributed by atoms with Crippen molar-refractivity contribution in [2.45, 2.75) is 85.1 Å². The molecule has 1 unspecified atom stereocenters. The van der Waals surface area contributed by atoms with Crippen molar-refractivity contribution in [2.24, 2.45) is 0 Å². The number of rotatable bonds is 10. The third-order valence-corrected chi connectivity index (χ3v) is 5.32. The molecule has 1 N–H and O–H groups in total. The summed E-state index contributed by atoms with van der Waals surface area (Å²) in [6.45, 7) is 12.2. The second-order valence-electron chi connectivity index (χ2n) is 5.90. The molecule has 1 aromatic rings. The van der Waals surface area contributed by atoms with Crippen LogP contribution < -0.4 is 5.32 Å². The van der Waals surface area contributed by atoms with Crippen LogP contribution in [0.1, 0.15) is 81.8 Å². The van der Waals surface area contributed by atoms with Crippen LogP contribution in [0.2, 0.25) is 0 Å². The zero-order valence-electron chi connectivity index (χ0n) is 14.0. The zero-order valence-corrected chi connectivity index (χ0v) is 14.8. The maximum absolute atomic E-state index is 4.89. The molecule has 0 radical (unpaired) electrons. The lowest BCUT2D eigenvalue weighted by Gasteiger charge is -2.28. The Kier molecular flexibility index (Phi) is 7.75. The summed E-state index contributed by atoms with van der Waals surface area (Å²) in [6.07, 6.45) is 8.94. The SMILES string of the molecule is CCCCCCCC(C)(NCC)c1nc(CC)c(C)s1. The van der Waals surface area contributed by atoms with Crippen molar-refractivity contribution in [3.63, 3.8) is 0 Å². The van der Waals surface area contributed by atoms with Crippen molar-refractivity contribution >= 4 is 11.3 Å². The van der Waals surface area contributed by atoms with Crippen molar-refractivity contribution in [3.8, 4) is 0 Å². The van der Waals surface area contributed by atoms with Crippen LogP contribution >= 0.6 is 11.3 Å². The van der Waals surface area contributed by atoms with Gasteiger partial charge in [-0.15, -0.1) is 11.3 Å². The fourth-order valence-corrected chi connectivity index (χ4v) is 3.89. The van der Waals surface area contributed by atoms with Gasteiger partial charge in [-0.1, -0.05) is 52.9 Å². The predicted molar refractivity (Wildman–Crippen MR) is 90.6 cm³/mol. The second kappa shape index (κ2) is 8.78. The van der Waals surface area contributed by atoms with Gasteiger partial charge in [0, 0.05) is 4.88 Å². The highest BCUT2D eigenvalue weighted by molar-refractivity contribution is 7.11. The zero-order chi connectivity index (χ0) is 15.0. The summed E-state index contributed by atoms with van der Waals surface area (Å²) in [6, 6.07) is 0. The molecule has 0 fully saturated rings. The van der Waals surface area contributed by atoms with Crippen LogP contribution in [0.3, 0.4) is 0 Å². The third kappa shape index (κ3) is 4.85. The van der Waals surface area contributed by atoms with Crippen LogP contribution in [-0.4, -0.2) is 11.5 Å². The minimum Gasteiger partial charge on any atom is -0.306 e. The van der Waals surface area contributed by atoms with Gasteiger partial charge in [0.05, 0.1) is 11.2 Å². The fraction of sp³-hybridized carbons (Fsp3) is 0.824. The number of nitrogens with zero attached hydrogens (tertiary/aromatic N) is 1. The van der Waals surface area contributed by atoms with Gasteiger partial charge in [0.15, 0.2) is 0 Å². The molecule has 20 heavy (non-hydrogen) atoms. The van der Waals surface area contributed by atoms with Crippen molar-refractivity contribution in [1.82, 2.24) is 10.3 Å². The number of aromatic nitrogens is 1. The Morgan fingerprint density at radius 1 is 1.10 bits per heavy atom. The molecule has 0 saturated carbocycles. The Morgan fingerprint density at radius 2 is 1.80 bits per heavy atom. The minimum atomic E-state index is 0.0593. The first-order valence-corrected chi connectivity index (χ1v) is 9.10. The Bertz CT molecular complexity index is 386. The van der Waals surface area contributed by atoms with E-state index in [1.54, 1.807) is 0 Å². The molecule has 1 atom stereocenters. The minimum absolute atomic E-state index is 0.0593. The molecule has 0 amide bonds. The van der Waals surface area contributed by atoms with E-state index in [2.05, 4.69) is 39.9 Å². The maximum atomic E-state index is 4.89. The van der Waals surface area contributed by atoms with Gasteiger partial charge < -0.3 is 5.32 Å². The normalized spacial score (nSPS) is 14.4. The monoisotopic (exact) mass is 296 g/mol. The molecule has 0 aliphatic rings. The van der Waals surface area contributed by atoms with Crippen LogP contribution in [0.5, 0.6) is 0 Å². The summed E-state index contributed by atoms with van der Waals surface area (Å²) < 4.78 is 0. The first-order valence-electron chi connectivity index (χ1n) is 8.29. The standard InChI is InChI=1S/C17H32N2S/c1-6-9-10-11-12-13-17(5,18-8-3)16-19-15(7-2)14(4)20-16/h18H,6-13H2,1-5H3. The largest absolute Gasteiger partial charge is 0.306 e. The molecule has 0 spiro atoms. The summed E-state index contributed by atoms with van der Waals surface area (Å²) in [5.74, 6) is 0. The van der Waals surface area contributed by atoms with E-state index in [4.69, 9.17) is 4.98 Å². The summed E-state index contributed by atoms with van der Waals surface area (Å²) in [4.78, 5) is 6.28. The summed E-state index contributed by atoms with van der Waals surface area (Å²) >= 11 is 1.88. The molecule has 0 saturated heterocycles. The molecule has 1 rings (SSSR count). The summed E-state index contributed by atoms with van der Waals surface area (Å²) in [5.41, 5.74) is 1.34. The lowest BCUT2D eigenvalue weighted by Crippen LogP contribution is -2.39. The van der Waals surface area contributed by atoms with Crippen LogP contribution in [-0.2, 0) is 12.0 Å². The molecular formula is C17H32N2S. The van der Waals surface area contributed by atoms with E-state index in [-0.39, 0.29) is 5.54 Å². The van der Waals surface area contributed by atoms with E-state index < -0.39 is 0 Å². The van der Waals surface area contributed by atoms with Gasteiger partial charge in [-0.2, -0.15) is 0 Å². The van der Waals surface area contributed by atoms with Gasteiger partial charge in [0.1, 0.15) is 5.01 Å². The van der Waals surface area contributed by atoms with Gasteiger partial charge in [0.2, 0.25) is 0 Å². The Morgan fingerprint density at radius 3 is 2.35 bits per heavy atom. The molecule has 1 heterocycles. The highest BCUT2D eigenvalue weighted by atomic mass is 32.1. The highest BCUT2D eigenvalue weighted by Gasteiger charge is 2.29. The molecule has 0 aliphatic heterocycles. The van der Waals surface area contributed by atoms with E-state index in [1.165, 1.54) is 54.1 Å². The van der Waals surface area contributed by atoms with Crippen LogP contribution in [0.25, 0.3) is 0 Å². The molecule has 0 aromatic carbocycles. The first-order chi connectivity index (χ1) is 9.57. The van der Waals surface area contributed by atoms with Crippen LogP contribution in [0, 0.1) is 6.92 Å². The molecule has 3 heteroatoms.